The van der Waals surface area contributed by atoms with E-state index >= 15 is 0 Å². The van der Waals surface area contributed by atoms with Gasteiger partial charge in [-0.1, -0.05) is 19.8 Å². The Morgan fingerprint density at radius 3 is 2.71 bits per heavy atom. The van der Waals surface area contributed by atoms with Gasteiger partial charge in [-0.3, -0.25) is 4.98 Å². The lowest BCUT2D eigenvalue weighted by Crippen LogP contribution is -2.18. The molecule has 1 aliphatic rings. The van der Waals surface area contributed by atoms with Gasteiger partial charge in [0.25, 0.3) is 0 Å². The SMILES string of the molecule is CC1CCC(C(O)c2cncs2)CC1. The normalized spacial score (nSPS) is 30.1. The molecule has 0 radical (unpaired) electrons. The number of hydrogen-bond acceptors (Lipinski definition) is 3. The van der Waals surface area contributed by atoms with Gasteiger partial charge in [-0.2, -0.15) is 0 Å². The minimum absolute atomic E-state index is 0.269. The van der Waals surface area contributed by atoms with Crippen molar-refractivity contribution in [2.75, 3.05) is 0 Å². The summed E-state index contributed by atoms with van der Waals surface area (Å²) in [5.74, 6) is 1.31. The quantitative estimate of drug-likeness (QED) is 0.815. The minimum atomic E-state index is -0.269. The largest absolute Gasteiger partial charge is 0.387 e. The molecule has 0 spiro atoms. The molecule has 1 atom stereocenters. The summed E-state index contributed by atoms with van der Waals surface area (Å²) >= 11 is 1.56. The molecule has 1 N–H and O–H groups in total. The maximum Gasteiger partial charge on any atom is 0.0926 e. The van der Waals surface area contributed by atoms with E-state index in [0.717, 1.165) is 10.8 Å². The third kappa shape index (κ3) is 2.15. The number of aliphatic hydroxyl groups excluding tert-OH is 1. The second-order valence-electron chi connectivity index (χ2n) is 4.37. The first-order valence-corrected chi connectivity index (χ1v) is 6.22. The Kier molecular flexibility index (Phi) is 3.19. The molecule has 78 valence electrons. The molecule has 1 unspecified atom stereocenters. The number of hydrogen-bond donors (Lipinski definition) is 1. The van der Waals surface area contributed by atoms with Gasteiger partial charge in [-0.15, -0.1) is 11.3 Å². The highest BCUT2D eigenvalue weighted by Gasteiger charge is 2.26. The van der Waals surface area contributed by atoms with Crippen LogP contribution in [0.4, 0.5) is 0 Å². The predicted octanol–water partition coefficient (Wildman–Crippen LogP) is 3.00. The van der Waals surface area contributed by atoms with Crippen LogP contribution in [-0.4, -0.2) is 10.1 Å². The molecular weight excluding hydrogens is 194 g/mol. The van der Waals surface area contributed by atoms with Crippen LogP contribution in [0.3, 0.4) is 0 Å². The molecular formula is C11H17NOS. The summed E-state index contributed by atoms with van der Waals surface area (Å²) in [7, 11) is 0. The molecule has 1 aromatic heterocycles. The van der Waals surface area contributed by atoms with Gasteiger partial charge >= 0.3 is 0 Å². The van der Waals surface area contributed by atoms with Crippen LogP contribution in [-0.2, 0) is 0 Å². The summed E-state index contributed by atoms with van der Waals surface area (Å²) in [6.45, 7) is 2.30. The first-order valence-electron chi connectivity index (χ1n) is 5.34. The number of aliphatic hydroxyl groups is 1. The molecule has 1 saturated carbocycles. The zero-order chi connectivity index (χ0) is 9.97. The van der Waals surface area contributed by atoms with E-state index < -0.39 is 0 Å². The lowest BCUT2D eigenvalue weighted by molar-refractivity contribution is 0.0782. The molecule has 1 fully saturated rings. The molecule has 0 aromatic carbocycles. The Hall–Kier alpha value is -0.410. The highest BCUT2D eigenvalue weighted by atomic mass is 32.1. The van der Waals surface area contributed by atoms with Crippen molar-refractivity contribution in [3.8, 4) is 0 Å². The summed E-state index contributed by atoms with van der Waals surface area (Å²) in [6.07, 6.45) is 6.39. The number of thiazole rings is 1. The maximum atomic E-state index is 10.1. The molecule has 1 aliphatic carbocycles. The van der Waals surface area contributed by atoms with E-state index in [1.54, 1.807) is 23.0 Å². The molecule has 2 nitrogen and oxygen atoms in total. The van der Waals surface area contributed by atoms with E-state index in [1.165, 1.54) is 25.7 Å². The van der Waals surface area contributed by atoms with Gasteiger partial charge < -0.3 is 5.11 Å². The van der Waals surface area contributed by atoms with Crippen LogP contribution in [0.15, 0.2) is 11.7 Å². The van der Waals surface area contributed by atoms with E-state index in [1.807, 2.05) is 0 Å². The van der Waals surface area contributed by atoms with Crippen LogP contribution in [0.1, 0.15) is 43.6 Å². The van der Waals surface area contributed by atoms with Crippen molar-refractivity contribution >= 4 is 11.3 Å². The van der Waals surface area contributed by atoms with Crippen molar-refractivity contribution in [2.45, 2.75) is 38.7 Å². The Balaban J connectivity index is 1.95. The van der Waals surface area contributed by atoms with Gasteiger partial charge in [0.15, 0.2) is 0 Å². The molecule has 0 bridgehead atoms. The van der Waals surface area contributed by atoms with E-state index in [4.69, 9.17) is 0 Å². The van der Waals surface area contributed by atoms with E-state index in [9.17, 15) is 5.11 Å². The number of rotatable bonds is 2. The fourth-order valence-electron chi connectivity index (χ4n) is 2.21. The summed E-state index contributed by atoms with van der Waals surface area (Å²) in [6, 6.07) is 0. The van der Waals surface area contributed by atoms with E-state index in [-0.39, 0.29) is 6.10 Å². The standard InChI is InChI=1S/C11H17NOS/c1-8-2-4-9(5-3-8)11(13)10-6-12-7-14-10/h6-9,11,13H,2-5H2,1H3. The van der Waals surface area contributed by atoms with Gasteiger partial charge in [0.1, 0.15) is 0 Å². The Morgan fingerprint density at radius 2 is 2.14 bits per heavy atom. The minimum Gasteiger partial charge on any atom is -0.387 e. The average molecular weight is 211 g/mol. The average Bonchev–Trinajstić information content (AvgIpc) is 2.71. The predicted molar refractivity (Wildman–Crippen MR) is 58.2 cm³/mol. The van der Waals surface area contributed by atoms with Crippen LogP contribution in [0.25, 0.3) is 0 Å². The molecule has 1 aromatic rings. The van der Waals surface area contributed by atoms with Gasteiger partial charge in [-0.25, -0.2) is 0 Å². The second kappa shape index (κ2) is 4.41. The van der Waals surface area contributed by atoms with Crippen LogP contribution in [0.2, 0.25) is 0 Å². The van der Waals surface area contributed by atoms with Gasteiger partial charge in [0, 0.05) is 6.20 Å². The first-order chi connectivity index (χ1) is 6.77. The zero-order valence-electron chi connectivity index (χ0n) is 8.52. The summed E-state index contributed by atoms with van der Waals surface area (Å²) in [5, 5.41) is 10.1. The van der Waals surface area contributed by atoms with Crippen LogP contribution >= 0.6 is 11.3 Å². The van der Waals surface area contributed by atoms with Crippen molar-refractivity contribution in [1.82, 2.24) is 4.98 Å². The molecule has 0 saturated heterocycles. The first kappa shape index (κ1) is 10.1. The summed E-state index contributed by atoms with van der Waals surface area (Å²) in [4.78, 5) is 5.04. The molecule has 0 aliphatic heterocycles. The lowest BCUT2D eigenvalue weighted by atomic mass is 9.80. The highest BCUT2D eigenvalue weighted by molar-refractivity contribution is 7.09. The highest BCUT2D eigenvalue weighted by Crippen LogP contribution is 2.37. The third-order valence-corrected chi connectivity index (χ3v) is 4.10. The fraction of sp³-hybridized carbons (Fsp3) is 0.727. The summed E-state index contributed by atoms with van der Waals surface area (Å²) in [5.41, 5.74) is 1.80. The van der Waals surface area contributed by atoms with Crippen LogP contribution < -0.4 is 0 Å². The van der Waals surface area contributed by atoms with Gasteiger partial charge in [-0.05, 0) is 24.7 Å². The van der Waals surface area contributed by atoms with Crippen LogP contribution in [0.5, 0.6) is 0 Å². The van der Waals surface area contributed by atoms with Crippen molar-refractivity contribution in [3.05, 3.63) is 16.6 Å². The summed E-state index contributed by atoms with van der Waals surface area (Å²) < 4.78 is 0. The van der Waals surface area contributed by atoms with Gasteiger partial charge in [0.2, 0.25) is 0 Å². The maximum absolute atomic E-state index is 10.1. The zero-order valence-corrected chi connectivity index (χ0v) is 9.33. The molecule has 3 heteroatoms. The monoisotopic (exact) mass is 211 g/mol. The Bertz CT molecular complexity index is 265. The van der Waals surface area contributed by atoms with E-state index in [0.29, 0.717) is 5.92 Å². The smallest absolute Gasteiger partial charge is 0.0926 e. The third-order valence-electron chi connectivity index (χ3n) is 3.25. The molecule has 0 amide bonds. The number of nitrogens with zero attached hydrogens (tertiary/aromatic N) is 1. The number of aromatic nitrogens is 1. The Morgan fingerprint density at radius 1 is 1.43 bits per heavy atom. The van der Waals surface area contributed by atoms with Gasteiger partial charge in [0.05, 0.1) is 16.5 Å². The molecule has 2 rings (SSSR count). The Labute approximate surface area is 89.0 Å². The fourth-order valence-corrected chi connectivity index (χ4v) is 2.90. The van der Waals surface area contributed by atoms with Crippen molar-refractivity contribution in [1.29, 1.82) is 0 Å². The second-order valence-corrected chi connectivity index (χ2v) is 5.29. The lowest BCUT2D eigenvalue weighted by Gasteiger charge is -2.29. The van der Waals surface area contributed by atoms with Crippen molar-refractivity contribution < 1.29 is 5.11 Å². The van der Waals surface area contributed by atoms with Crippen molar-refractivity contribution in [2.24, 2.45) is 11.8 Å². The topological polar surface area (TPSA) is 33.1 Å². The van der Waals surface area contributed by atoms with Crippen LogP contribution in [0, 0.1) is 11.8 Å². The van der Waals surface area contributed by atoms with E-state index in [2.05, 4.69) is 11.9 Å². The molecule has 14 heavy (non-hydrogen) atoms. The molecule has 1 heterocycles. The van der Waals surface area contributed by atoms with Crippen molar-refractivity contribution in [3.63, 3.8) is 0 Å².